The normalized spacial score (nSPS) is 11.2. The maximum absolute atomic E-state index is 11.4. The average Bonchev–Trinajstić information content (AvgIpc) is 2.35. The number of carbonyl (C=O) groups is 2. The first-order chi connectivity index (χ1) is 8.53. The van der Waals surface area contributed by atoms with E-state index >= 15 is 0 Å². The highest BCUT2D eigenvalue weighted by atomic mass is 16.4. The zero-order valence-corrected chi connectivity index (χ0v) is 10.4. The summed E-state index contributed by atoms with van der Waals surface area (Å²) in [6.45, 7) is 1.91. The summed E-state index contributed by atoms with van der Waals surface area (Å²) in [6, 6.07) is 8.89. The highest BCUT2D eigenvalue weighted by Gasteiger charge is 2.45. The monoisotopic (exact) mass is 250 g/mol. The van der Waals surface area contributed by atoms with Crippen molar-refractivity contribution >= 4 is 11.9 Å². The predicted octanol–water partition coefficient (Wildman–Crippen LogP) is 2.57. The lowest BCUT2D eigenvalue weighted by molar-refractivity contribution is -0.165. The van der Waals surface area contributed by atoms with E-state index < -0.39 is 17.4 Å². The zero-order valence-electron chi connectivity index (χ0n) is 10.4. The number of carboxylic acids is 2. The van der Waals surface area contributed by atoms with Gasteiger partial charge in [-0.3, -0.25) is 9.59 Å². The highest BCUT2D eigenvalue weighted by Crippen LogP contribution is 2.30. The van der Waals surface area contributed by atoms with E-state index in [1.165, 1.54) is 0 Å². The van der Waals surface area contributed by atoms with Gasteiger partial charge in [-0.2, -0.15) is 0 Å². The van der Waals surface area contributed by atoms with E-state index in [0.717, 1.165) is 12.0 Å². The van der Waals surface area contributed by atoms with Gasteiger partial charge < -0.3 is 10.2 Å². The van der Waals surface area contributed by atoms with E-state index in [4.69, 9.17) is 0 Å². The van der Waals surface area contributed by atoms with Crippen molar-refractivity contribution < 1.29 is 19.8 Å². The van der Waals surface area contributed by atoms with Crippen molar-refractivity contribution in [3.63, 3.8) is 0 Å². The minimum atomic E-state index is -1.71. The molecule has 0 atom stereocenters. The van der Waals surface area contributed by atoms with E-state index in [1.807, 2.05) is 13.0 Å². The Balaban J connectivity index is 3.02. The first kappa shape index (κ1) is 14.2. The van der Waals surface area contributed by atoms with Crippen molar-refractivity contribution in [3.8, 4) is 0 Å². The molecule has 0 amide bonds. The molecule has 1 aromatic rings. The molecule has 0 aliphatic carbocycles. The third-order valence-electron chi connectivity index (χ3n) is 3.12. The van der Waals surface area contributed by atoms with Gasteiger partial charge in [0.1, 0.15) is 0 Å². The lowest BCUT2D eigenvalue weighted by Crippen LogP contribution is -2.41. The Morgan fingerprint density at radius 1 is 1.11 bits per heavy atom. The van der Waals surface area contributed by atoms with Gasteiger partial charge in [0.2, 0.25) is 0 Å². The molecule has 0 radical (unpaired) electrons. The van der Waals surface area contributed by atoms with Gasteiger partial charge in [-0.25, -0.2) is 0 Å². The van der Waals surface area contributed by atoms with Crippen LogP contribution in [0.1, 0.15) is 31.7 Å². The Kier molecular flexibility index (Phi) is 4.89. The summed E-state index contributed by atoms with van der Waals surface area (Å²) in [6.07, 6.45) is 1.55. The third-order valence-corrected chi connectivity index (χ3v) is 3.12. The molecule has 1 rings (SSSR count). The molecule has 0 aliphatic rings. The minimum Gasteiger partial charge on any atom is -0.480 e. The summed E-state index contributed by atoms with van der Waals surface area (Å²) in [7, 11) is 0. The van der Waals surface area contributed by atoms with Crippen LogP contribution in [0.5, 0.6) is 0 Å². The molecule has 0 saturated heterocycles. The van der Waals surface area contributed by atoms with Gasteiger partial charge in [-0.1, -0.05) is 50.1 Å². The number of benzene rings is 1. The van der Waals surface area contributed by atoms with Gasteiger partial charge in [-0.05, 0) is 18.4 Å². The Hall–Kier alpha value is -1.84. The molecule has 0 saturated carbocycles. The standard InChI is InChI=1S/C14H18O4/c1-2-3-9-14(12(15)16,13(17)18)10-11-7-5-4-6-8-11/h4-8H,2-3,9-10H2,1H3,(H,15,16)(H,17,18). The second-order valence-electron chi connectivity index (χ2n) is 4.46. The second kappa shape index (κ2) is 6.19. The fourth-order valence-corrected chi connectivity index (χ4v) is 1.97. The fourth-order valence-electron chi connectivity index (χ4n) is 1.97. The van der Waals surface area contributed by atoms with Crippen molar-refractivity contribution in [2.24, 2.45) is 5.41 Å². The number of carboxylic acid groups (broad SMARTS) is 2. The highest BCUT2D eigenvalue weighted by molar-refractivity contribution is 5.98. The fraction of sp³-hybridized carbons (Fsp3) is 0.429. The minimum absolute atomic E-state index is 0.0263. The van der Waals surface area contributed by atoms with Crippen molar-refractivity contribution in [1.82, 2.24) is 0 Å². The van der Waals surface area contributed by atoms with E-state index in [9.17, 15) is 19.8 Å². The maximum Gasteiger partial charge on any atom is 0.321 e. The topological polar surface area (TPSA) is 74.6 Å². The number of aliphatic carboxylic acids is 2. The van der Waals surface area contributed by atoms with Crippen LogP contribution in [0.2, 0.25) is 0 Å². The maximum atomic E-state index is 11.4. The summed E-state index contributed by atoms with van der Waals surface area (Å²) in [5, 5.41) is 18.6. The lowest BCUT2D eigenvalue weighted by atomic mass is 9.77. The van der Waals surface area contributed by atoms with Crippen LogP contribution in [0.25, 0.3) is 0 Å². The first-order valence-corrected chi connectivity index (χ1v) is 6.03. The summed E-state index contributed by atoms with van der Waals surface area (Å²) >= 11 is 0. The molecule has 0 heterocycles. The molecule has 0 spiro atoms. The van der Waals surface area contributed by atoms with Crippen LogP contribution in [-0.4, -0.2) is 22.2 Å². The summed E-state index contributed by atoms with van der Waals surface area (Å²) in [5.74, 6) is -2.51. The van der Waals surface area contributed by atoms with Gasteiger partial charge >= 0.3 is 11.9 Å². The molecular formula is C14H18O4. The molecule has 0 bridgehead atoms. The second-order valence-corrected chi connectivity index (χ2v) is 4.46. The van der Waals surface area contributed by atoms with Crippen LogP contribution in [0.15, 0.2) is 30.3 Å². The van der Waals surface area contributed by atoms with Crippen LogP contribution >= 0.6 is 0 Å². The molecule has 4 nitrogen and oxygen atoms in total. The Bertz CT molecular complexity index is 397. The smallest absolute Gasteiger partial charge is 0.321 e. The van der Waals surface area contributed by atoms with Crippen LogP contribution in [0, 0.1) is 5.41 Å². The molecule has 1 aromatic carbocycles. The van der Waals surface area contributed by atoms with Crippen LogP contribution in [-0.2, 0) is 16.0 Å². The van der Waals surface area contributed by atoms with E-state index in [0.29, 0.717) is 6.42 Å². The Morgan fingerprint density at radius 3 is 2.11 bits per heavy atom. The number of hydrogen-bond acceptors (Lipinski definition) is 2. The largest absolute Gasteiger partial charge is 0.480 e. The molecular weight excluding hydrogens is 232 g/mol. The summed E-state index contributed by atoms with van der Waals surface area (Å²) in [5.41, 5.74) is -0.976. The zero-order chi connectivity index (χ0) is 13.6. The van der Waals surface area contributed by atoms with Crippen LogP contribution in [0.3, 0.4) is 0 Å². The van der Waals surface area contributed by atoms with Crippen molar-refractivity contribution in [3.05, 3.63) is 35.9 Å². The third kappa shape index (κ3) is 3.09. The van der Waals surface area contributed by atoms with Gasteiger partial charge in [0.15, 0.2) is 5.41 Å². The average molecular weight is 250 g/mol. The predicted molar refractivity (Wildman–Crippen MR) is 67.4 cm³/mol. The molecule has 4 heteroatoms. The van der Waals surface area contributed by atoms with E-state index in [-0.39, 0.29) is 12.8 Å². The van der Waals surface area contributed by atoms with Gasteiger partial charge in [-0.15, -0.1) is 0 Å². The number of hydrogen-bond donors (Lipinski definition) is 2. The quantitative estimate of drug-likeness (QED) is 0.729. The molecule has 98 valence electrons. The van der Waals surface area contributed by atoms with Crippen molar-refractivity contribution in [1.29, 1.82) is 0 Å². The summed E-state index contributed by atoms with van der Waals surface area (Å²) < 4.78 is 0. The van der Waals surface area contributed by atoms with Crippen LogP contribution < -0.4 is 0 Å². The van der Waals surface area contributed by atoms with Gasteiger partial charge in [0.25, 0.3) is 0 Å². The SMILES string of the molecule is CCCCC(Cc1ccccc1)(C(=O)O)C(=O)O. The number of rotatable bonds is 7. The number of unbranched alkanes of at least 4 members (excludes halogenated alkanes) is 1. The first-order valence-electron chi connectivity index (χ1n) is 6.03. The Morgan fingerprint density at radius 2 is 1.67 bits per heavy atom. The molecule has 0 aromatic heterocycles. The molecule has 0 fully saturated rings. The van der Waals surface area contributed by atoms with E-state index in [1.54, 1.807) is 24.3 Å². The Labute approximate surface area is 106 Å². The molecule has 0 aliphatic heterocycles. The van der Waals surface area contributed by atoms with Crippen LogP contribution in [0.4, 0.5) is 0 Å². The lowest BCUT2D eigenvalue weighted by Gasteiger charge is -2.24. The molecule has 2 N–H and O–H groups in total. The van der Waals surface area contributed by atoms with Crippen molar-refractivity contribution in [2.75, 3.05) is 0 Å². The van der Waals surface area contributed by atoms with Gasteiger partial charge in [0, 0.05) is 0 Å². The van der Waals surface area contributed by atoms with Gasteiger partial charge in [0.05, 0.1) is 0 Å². The molecule has 18 heavy (non-hydrogen) atoms. The summed E-state index contributed by atoms with van der Waals surface area (Å²) in [4.78, 5) is 22.8. The van der Waals surface area contributed by atoms with E-state index in [2.05, 4.69) is 0 Å². The van der Waals surface area contributed by atoms with Crippen molar-refractivity contribution in [2.45, 2.75) is 32.6 Å². The molecule has 0 unspecified atom stereocenters.